The Hall–Kier alpha value is -1.28. The molecule has 15 heavy (non-hydrogen) atoms. The van der Waals surface area contributed by atoms with Gasteiger partial charge in [0.2, 0.25) is 0 Å². The maximum absolute atomic E-state index is 13.3. The molecule has 2 aromatic rings. The highest BCUT2D eigenvalue weighted by Gasteiger charge is 2.10. The van der Waals surface area contributed by atoms with Gasteiger partial charge in [-0.1, -0.05) is 29.8 Å². The molecule has 0 heterocycles. The van der Waals surface area contributed by atoms with Gasteiger partial charge in [0.05, 0.1) is 5.02 Å². The van der Waals surface area contributed by atoms with Gasteiger partial charge in [-0.05, 0) is 17.5 Å². The lowest BCUT2D eigenvalue weighted by molar-refractivity contribution is 0.630. The molecule has 0 aliphatic rings. The Morgan fingerprint density at radius 1 is 1.13 bits per heavy atom. The van der Waals surface area contributed by atoms with Crippen molar-refractivity contribution in [2.45, 2.75) is 0 Å². The molecule has 0 spiro atoms. The van der Waals surface area contributed by atoms with Gasteiger partial charge in [-0.25, -0.2) is 4.39 Å². The predicted molar refractivity (Wildman–Crippen MR) is 63.2 cm³/mol. The lowest BCUT2D eigenvalue weighted by Gasteiger charge is -2.16. The third-order valence-electron chi connectivity index (χ3n) is 2.39. The van der Waals surface area contributed by atoms with Crippen LogP contribution in [0.5, 0.6) is 0 Å². The standard InChI is InChI=1S/C12H11ClFN/c1-15(2)10-5-3-4-8-6-7-9(14)12(13)11(8)10/h3-7H,1-2H3. The first-order valence-electron chi connectivity index (χ1n) is 4.65. The molecule has 0 radical (unpaired) electrons. The summed E-state index contributed by atoms with van der Waals surface area (Å²) >= 11 is 5.97. The molecule has 3 heteroatoms. The van der Waals surface area contributed by atoms with Crippen LogP contribution in [0.1, 0.15) is 0 Å². The minimum atomic E-state index is -0.376. The van der Waals surface area contributed by atoms with E-state index in [2.05, 4.69) is 0 Å². The van der Waals surface area contributed by atoms with Crippen LogP contribution in [0, 0.1) is 5.82 Å². The molecule has 0 atom stereocenters. The van der Waals surface area contributed by atoms with E-state index in [4.69, 9.17) is 11.6 Å². The summed E-state index contributed by atoms with van der Waals surface area (Å²) in [5.41, 5.74) is 0.928. The van der Waals surface area contributed by atoms with Crippen LogP contribution < -0.4 is 4.90 Å². The van der Waals surface area contributed by atoms with Crippen molar-refractivity contribution < 1.29 is 4.39 Å². The van der Waals surface area contributed by atoms with E-state index in [-0.39, 0.29) is 10.8 Å². The highest BCUT2D eigenvalue weighted by Crippen LogP contribution is 2.33. The molecule has 2 rings (SSSR count). The first kappa shape index (κ1) is 10.2. The van der Waals surface area contributed by atoms with Gasteiger partial charge < -0.3 is 4.90 Å². The maximum atomic E-state index is 13.3. The quantitative estimate of drug-likeness (QED) is 0.713. The van der Waals surface area contributed by atoms with Gasteiger partial charge in [0.1, 0.15) is 5.82 Å². The first-order valence-corrected chi connectivity index (χ1v) is 5.03. The normalized spacial score (nSPS) is 10.7. The molecule has 0 aliphatic carbocycles. The van der Waals surface area contributed by atoms with E-state index in [1.807, 2.05) is 37.2 Å². The van der Waals surface area contributed by atoms with Crippen LogP contribution in [0.15, 0.2) is 30.3 Å². The number of benzene rings is 2. The number of hydrogen-bond acceptors (Lipinski definition) is 1. The molecule has 0 fully saturated rings. The Balaban J connectivity index is 2.88. The molecule has 0 bridgehead atoms. The molecule has 0 aromatic heterocycles. The second-order valence-electron chi connectivity index (χ2n) is 3.63. The van der Waals surface area contributed by atoms with Crippen molar-refractivity contribution in [2.75, 3.05) is 19.0 Å². The van der Waals surface area contributed by atoms with Crippen LogP contribution >= 0.6 is 11.6 Å². The van der Waals surface area contributed by atoms with Gasteiger partial charge in [0.25, 0.3) is 0 Å². The number of fused-ring (bicyclic) bond motifs is 1. The van der Waals surface area contributed by atoms with Crippen LogP contribution in [-0.4, -0.2) is 14.1 Å². The molecule has 0 aliphatic heterocycles. The lowest BCUT2D eigenvalue weighted by Crippen LogP contribution is -2.09. The summed E-state index contributed by atoms with van der Waals surface area (Å²) in [6.07, 6.45) is 0. The van der Waals surface area contributed by atoms with Crippen molar-refractivity contribution in [1.29, 1.82) is 0 Å². The van der Waals surface area contributed by atoms with E-state index >= 15 is 0 Å². The van der Waals surface area contributed by atoms with E-state index in [0.717, 1.165) is 16.5 Å². The van der Waals surface area contributed by atoms with Crippen molar-refractivity contribution >= 4 is 28.1 Å². The maximum Gasteiger partial charge on any atom is 0.142 e. The Kier molecular flexibility index (Phi) is 2.53. The van der Waals surface area contributed by atoms with Crippen LogP contribution in [-0.2, 0) is 0 Å². The van der Waals surface area contributed by atoms with E-state index < -0.39 is 0 Å². The van der Waals surface area contributed by atoms with Crippen molar-refractivity contribution in [3.63, 3.8) is 0 Å². The summed E-state index contributed by atoms with van der Waals surface area (Å²) in [5, 5.41) is 1.91. The average Bonchev–Trinajstić information content (AvgIpc) is 2.23. The van der Waals surface area contributed by atoms with E-state index in [9.17, 15) is 4.39 Å². The molecule has 0 unspecified atom stereocenters. The third-order valence-corrected chi connectivity index (χ3v) is 2.76. The number of halogens is 2. The van der Waals surface area contributed by atoms with Crippen LogP contribution in [0.3, 0.4) is 0 Å². The summed E-state index contributed by atoms with van der Waals surface area (Å²) < 4.78 is 13.3. The summed E-state index contributed by atoms with van der Waals surface area (Å²) in [7, 11) is 3.83. The number of anilines is 1. The van der Waals surface area contributed by atoms with Gasteiger partial charge >= 0.3 is 0 Å². The largest absolute Gasteiger partial charge is 0.377 e. The molecular weight excluding hydrogens is 213 g/mol. The van der Waals surface area contributed by atoms with Gasteiger partial charge in [0, 0.05) is 25.2 Å². The van der Waals surface area contributed by atoms with Crippen molar-refractivity contribution in [3.05, 3.63) is 41.2 Å². The fourth-order valence-electron chi connectivity index (χ4n) is 1.66. The Morgan fingerprint density at radius 2 is 1.87 bits per heavy atom. The Morgan fingerprint density at radius 3 is 2.53 bits per heavy atom. The molecule has 78 valence electrons. The molecule has 0 N–H and O–H groups in total. The zero-order valence-electron chi connectivity index (χ0n) is 8.59. The van der Waals surface area contributed by atoms with Crippen molar-refractivity contribution in [2.24, 2.45) is 0 Å². The summed E-state index contributed by atoms with van der Waals surface area (Å²) in [4.78, 5) is 1.92. The van der Waals surface area contributed by atoms with Crippen LogP contribution in [0.4, 0.5) is 10.1 Å². The smallest absolute Gasteiger partial charge is 0.142 e. The van der Waals surface area contributed by atoms with Crippen LogP contribution in [0.25, 0.3) is 10.8 Å². The van der Waals surface area contributed by atoms with Gasteiger partial charge in [-0.15, -0.1) is 0 Å². The molecular formula is C12H11ClFN. The second-order valence-corrected chi connectivity index (χ2v) is 4.01. The average molecular weight is 224 g/mol. The number of hydrogen-bond donors (Lipinski definition) is 0. The van der Waals surface area contributed by atoms with E-state index in [1.54, 1.807) is 6.07 Å². The SMILES string of the molecule is CN(C)c1cccc2ccc(F)c(Cl)c12. The third kappa shape index (κ3) is 1.65. The van der Waals surface area contributed by atoms with E-state index in [0.29, 0.717) is 0 Å². The zero-order chi connectivity index (χ0) is 11.0. The minimum Gasteiger partial charge on any atom is -0.377 e. The molecule has 0 amide bonds. The fraction of sp³-hybridized carbons (Fsp3) is 0.167. The summed E-state index contributed by atoms with van der Waals surface area (Å²) in [5.74, 6) is -0.376. The topological polar surface area (TPSA) is 3.24 Å². The fourth-order valence-corrected chi connectivity index (χ4v) is 1.93. The molecule has 2 aromatic carbocycles. The Bertz CT molecular complexity index is 508. The zero-order valence-corrected chi connectivity index (χ0v) is 9.35. The van der Waals surface area contributed by atoms with E-state index in [1.165, 1.54) is 6.07 Å². The van der Waals surface area contributed by atoms with Crippen molar-refractivity contribution in [3.8, 4) is 0 Å². The monoisotopic (exact) mass is 223 g/mol. The highest BCUT2D eigenvalue weighted by atomic mass is 35.5. The van der Waals surface area contributed by atoms with Gasteiger partial charge in [-0.3, -0.25) is 0 Å². The first-order chi connectivity index (χ1) is 7.11. The molecule has 1 nitrogen and oxygen atoms in total. The number of nitrogens with zero attached hydrogens (tertiary/aromatic N) is 1. The lowest BCUT2D eigenvalue weighted by atomic mass is 10.1. The van der Waals surface area contributed by atoms with Crippen LogP contribution in [0.2, 0.25) is 5.02 Å². The number of rotatable bonds is 1. The van der Waals surface area contributed by atoms with Crippen molar-refractivity contribution in [1.82, 2.24) is 0 Å². The highest BCUT2D eigenvalue weighted by molar-refractivity contribution is 6.36. The predicted octanol–water partition coefficient (Wildman–Crippen LogP) is 3.70. The summed E-state index contributed by atoms with van der Waals surface area (Å²) in [6, 6.07) is 8.92. The second kappa shape index (κ2) is 3.70. The Labute approximate surface area is 93.1 Å². The minimum absolute atomic E-state index is 0.191. The molecule has 0 saturated carbocycles. The van der Waals surface area contributed by atoms with Gasteiger partial charge in [-0.2, -0.15) is 0 Å². The van der Waals surface area contributed by atoms with Gasteiger partial charge in [0.15, 0.2) is 0 Å². The summed E-state index contributed by atoms with van der Waals surface area (Å²) in [6.45, 7) is 0. The molecule has 0 saturated heterocycles.